The van der Waals surface area contributed by atoms with E-state index in [2.05, 4.69) is 24.3 Å². The van der Waals surface area contributed by atoms with Crippen molar-refractivity contribution in [2.45, 2.75) is 11.7 Å². The maximum absolute atomic E-state index is 12.4. The minimum Gasteiger partial charge on any atom is -0.493 e. The fourth-order valence-electron chi connectivity index (χ4n) is 2.68. The first kappa shape index (κ1) is 15.9. The molecule has 0 aromatic heterocycles. The molecule has 0 spiro atoms. The SMILES string of the molecule is O=C(CCOc1ccccc1)N1CCSC(c2ccccc2)C1. The van der Waals surface area contributed by atoms with Gasteiger partial charge in [0.05, 0.1) is 13.0 Å². The predicted octanol–water partition coefficient (Wildman–Crippen LogP) is 3.77. The molecule has 1 aliphatic heterocycles. The second-order valence-electron chi connectivity index (χ2n) is 5.52. The first-order valence-corrected chi connectivity index (χ1v) is 9.00. The molecule has 3 rings (SSSR count). The molecule has 23 heavy (non-hydrogen) atoms. The van der Waals surface area contributed by atoms with E-state index in [-0.39, 0.29) is 5.91 Å². The van der Waals surface area contributed by atoms with Gasteiger partial charge in [-0.05, 0) is 17.7 Å². The molecule has 0 saturated carbocycles. The van der Waals surface area contributed by atoms with Crippen LogP contribution in [0.4, 0.5) is 0 Å². The Labute approximate surface area is 141 Å². The summed E-state index contributed by atoms with van der Waals surface area (Å²) in [5, 5.41) is 0.379. The van der Waals surface area contributed by atoms with Gasteiger partial charge in [0.1, 0.15) is 5.75 Å². The van der Waals surface area contributed by atoms with Crippen LogP contribution in [0.15, 0.2) is 60.7 Å². The van der Waals surface area contributed by atoms with Crippen molar-refractivity contribution in [1.29, 1.82) is 0 Å². The van der Waals surface area contributed by atoms with E-state index in [4.69, 9.17) is 4.74 Å². The molecule has 1 heterocycles. The monoisotopic (exact) mass is 327 g/mol. The zero-order valence-electron chi connectivity index (χ0n) is 13.1. The Morgan fingerprint density at radius 3 is 2.52 bits per heavy atom. The van der Waals surface area contributed by atoms with Crippen molar-refractivity contribution >= 4 is 17.7 Å². The van der Waals surface area contributed by atoms with Crippen LogP contribution in [0.1, 0.15) is 17.2 Å². The lowest BCUT2D eigenvalue weighted by molar-refractivity contribution is -0.131. The Morgan fingerprint density at radius 2 is 1.78 bits per heavy atom. The number of benzene rings is 2. The van der Waals surface area contributed by atoms with Gasteiger partial charge in [-0.15, -0.1) is 0 Å². The molecule has 3 nitrogen and oxygen atoms in total. The summed E-state index contributed by atoms with van der Waals surface area (Å²) in [5.41, 5.74) is 1.30. The van der Waals surface area contributed by atoms with E-state index in [1.807, 2.05) is 53.1 Å². The quantitative estimate of drug-likeness (QED) is 0.837. The number of hydrogen-bond acceptors (Lipinski definition) is 3. The number of nitrogens with zero attached hydrogens (tertiary/aromatic N) is 1. The minimum absolute atomic E-state index is 0.183. The Hall–Kier alpha value is -1.94. The van der Waals surface area contributed by atoms with Gasteiger partial charge in [-0.2, -0.15) is 11.8 Å². The molecule has 1 fully saturated rings. The Kier molecular flexibility index (Phi) is 5.59. The fraction of sp³-hybridized carbons (Fsp3) is 0.316. The molecule has 120 valence electrons. The first-order valence-electron chi connectivity index (χ1n) is 7.95. The molecule has 4 heteroatoms. The standard InChI is InChI=1S/C19H21NO2S/c21-19(11-13-22-17-9-5-2-6-10-17)20-12-14-23-18(15-20)16-7-3-1-4-8-16/h1-10,18H,11-15H2. The van der Waals surface area contributed by atoms with Gasteiger partial charge in [0.25, 0.3) is 0 Å². The summed E-state index contributed by atoms with van der Waals surface area (Å²) in [6.07, 6.45) is 0.432. The fourth-order valence-corrected chi connectivity index (χ4v) is 3.92. The number of ether oxygens (including phenoxy) is 1. The highest BCUT2D eigenvalue weighted by Crippen LogP contribution is 2.33. The summed E-state index contributed by atoms with van der Waals surface area (Å²) in [7, 11) is 0. The number of carbonyl (C=O) groups excluding carboxylic acids is 1. The minimum atomic E-state index is 0.183. The molecule has 1 atom stereocenters. The zero-order chi connectivity index (χ0) is 15.9. The Morgan fingerprint density at radius 1 is 1.09 bits per heavy atom. The second-order valence-corrected chi connectivity index (χ2v) is 6.83. The molecule has 0 N–H and O–H groups in total. The van der Waals surface area contributed by atoms with Crippen molar-refractivity contribution in [2.75, 3.05) is 25.4 Å². The van der Waals surface area contributed by atoms with E-state index in [0.717, 1.165) is 24.6 Å². The number of carbonyl (C=O) groups is 1. The maximum Gasteiger partial charge on any atom is 0.226 e. The average Bonchev–Trinajstić information content (AvgIpc) is 2.63. The molecule has 0 bridgehead atoms. The van der Waals surface area contributed by atoms with E-state index in [0.29, 0.717) is 18.3 Å². The average molecular weight is 327 g/mol. The molecule has 0 radical (unpaired) electrons. The van der Waals surface area contributed by atoms with Gasteiger partial charge in [-0.3, -0.25) is 4.79 Å². The maximum atomic E-state index is 12.4. The van der Waals surface area contributed by atoms with Crippen LogP contribution in [-0.2, 0) is 4.79 Å². The van der Waals surface area contributed by atoms with Crippen LogP contribution in [0.2, 0.25) is 0 Å². The highest BCUT2D eigenvalue weighted by atomic mass is 32.2. The molecule has 0 aliphatic carbocycles. The predicted molar refractivity (Wildman–Crippen MR) is 94.8 cm³/mol. The van der Waals surface area contributed by atoms with E-state index >= 15 is 0 Å². The highest BCUT2D eigenvalue weighted by molar-refractivity contribution is 7.99. The van der Waals surface area contributed by atoms with E-state index < -0.39 is 0 Å². The molecule has 1 amide bonds. The third kappa shape index (κ3) is 4.52. The van der Waals surface area contributed by atoms with E-state index in [1.54, 1.807) is 0 Å². The van der Waals surface area contributed by atoms with E-state index in [9.17, 15) is 4.79 Å². The lowest BCUT2D eigenvalue weighted by Gasteiger charge is -2.32. The van der Waals surface area contributed by atoms with Crippen molar-refractivity contribution in [3.63, 3.8) is 0 Å². The molecule has 1 unspecified atom stereocenters. The Balaban J connectivity index is 1.49. The van der Waals surface area contributed by atoms with Gasteiger partial charge in [0, 0.05) is 24.1 Å². The van der Waals surface area contributed by atoms with Crippen LogP contribution in [-0.4, -0.2) is 36.3 Å². The zero-order valence-corrected chi connectivity index (χ0v) is 13.9. The molecule has 1 aliphatic rings. The van der Waals surface area contributed by atoms with Gasteiger partial charge in [0.2, 0.25) is 5.91 Å². The molecule has 1 saturated heterocycles. The van der Waals surface area contributed by atoms with Crippen molar-refractivity contribution in [3.8, 4) is 5.75 Å². The van der Waals surface area contributed by atoms with Crippen LogP contribution < -0.4 is 4.74 Å². The van der Waals surface area contributed by atoms with Crippen molar-refractivity contribution < 1.29 is 9.53 Å². The summed E-state index contributed by atoms with van der Waals surface area (Å²) in [4.78, 5) is 14.4. The van der Waals surface area contributed by atoms with Gasteiger partial charge >= 0.3 is 0 Å². The van der Waals surface area contributed by atoms with Crippen LogP contribution in [0.5, 0.6) is 5.75 Å². The lowest BCUT2D eigenvalue weighted by atomic mass is 10.1. The molecule has 2 aromatic rings. The van der Waals surface area contributed by atoms with Crippen molar-refractivity contribution in [2.24, 2.45) is 0 Å². The van der Waals surface area contributed by atoms with Crippen molar-refractivity contribution in [1.82, 2.24) is 4.90 Å². The Bertz CT molecular complexity index is 618. The third-order valence-electron chi connectivity index (χ3n) is 3.92. The molecular formula is C19H21NO2S. The van der Waals surface area contributed by atoms with Crippen LogP contribution in [0.25, 0.3) is 0 Å². The smallest absolute Gasteiger partial charge is 0.226 e. The highest BCUT2D eigenvalue weighted by Gasteiger charge is 2.24. The van der Waals surface area contributed by atoms with Gasteiger partial charge < -0.3 is 9.64 Å². The summed E-state index contributed by atoms with van der Waals surface area (Å²) >= 11 is 1.93. The third-order valence-corrected chi connectivity index (χ3v) is 5.16. The largest absolute Gasteiger partial charge is 0.493 e. The summed E-state index contributed by atoms with van der Waals surface area (Å²) in [5.74, 6) is 1.99. The number of hydrogen-bond donors (Lipinski definition) is 0. The summed E-state index contributed by atoms with van der Waals surface area (Å²) < 4.78 is 5.63. The molecular weight excluding hydrogens is 306 g/mol. The van der Waals surface area contributed by atoms with Crippen molar-refractivity contribution in [3.05, 3.63) is 66.2 Å². The van der Waals surface area contributed by atoms with Crippen LogP contribution >= 0.6 is 11.8 Å². The summed E-state index contributed by atoms with van der Waals surface area (Å²) in [6, 6.07) is 20.1. The number of para-hydroxylation sites is 1. The van der Waals surface area contributed by atoms with Crippen LogP contribution in [0, 0.1) is 0 Å². The first-order chi connectivity index (χ1) is 11.3. The van der Waals surface area contributed by atoms with Crippen LogP contribution in [0.3, 0.4) is 0 Å². The number of thioether (sulfide) groups is 1. The summed E-state index contributed by atoms with van der Waals surface area (Å²) in [6.45, 7) is 2.06. The topological polar surface area (TPSA) is 29.5 Å². The number of amides is 1. The van der Waals surface area contributed by atoms with Gasteiger partial charge in [-0.25, -0.2) is 0 Å². The normalized spacial score (nSPS) is 17.7. The number of rotatable bonds is 5. The second kappa shape index (κ2) is 8.06. The van der Waals surface area contributed by atoms with E-state index in [1.165, 1.54) is 5.56 Å². The van der Waals surface area contributed by atoms with Gasteiger partial charge in [-0.1, -0.05) is 48.5 Å². The lowest BCUT2D eigenvalue weighted by Crippen LogP contribution is -2.39. The molecule has 2 aromatic carbocycles. The van der Waals surface area contributed by atoms with Gasteiger partial charge in [0.15, 0.2) is 0 Å².